The van der Waals surface area contributed by atoms with Crippen molar-refractivity contribution in [3.63, 3.8) is 0 Å². The van der Waals surface area contributed by atoms with Crippen LogP contribution in [0.25, 0.3) is 11.1 Å². The van der Waals surface area contributed by atoms with E-state index in [-0.39, 0.29) is 12.0 Å². The third-order valence-electron chi connectivity index (χ3n) is 2.99. The summed E-state index contributed by atoms with van der Waals surface area (Å²) < 4.78 is 0. The standard InChI is InChI=1S/C16H18O/c1-12(2)16(17)15-10-8-14(9-11-15)13-6-4-3-5-7-13/h3-12,16-17H,1-2H3/t16-/m0/s1. The van der Waals surface area contributed by atoms with Crippen molar-refractivity contribution in [2.75, 3.05) is 0 Å². The van der Waals surface area contributed by atoms with Crippen molar-refractivity contribution in [1.29, 1.82) is 0 Å². The molecule has 0 heterocycles. The van der Waals surface area contributed by atoms with Gasteiger partial charge >= 0.3 is 0 Å². The highest BCUT2D eigenvalue weighted by molar-refractivity contribution is 5.63. The van der Waals surface area contributed by atoms with Gasteiger partial charge in [-0.25, -0.2) is 0 Å². The van der Waals surface area contributed by atoms with E-state index >= 15 is 0 Å². The Morgan fingerprint density at radius 2 is 1.29 bits per heavy atom. The zero-order valence-corrected chi connectivity index (χ0v) is 10.3. The van der Waals surface area contributed by atoms with Crippen LogP contribution in [0.15, 0.2) is 54.6 Å². The summed E-state index contributed by atoms with van der Waals surface area (Å²) in [5.41, 5.74) is 3.38. The zero-order chi connectivity index (χ0) is 12.3. The van der Waals surface area contributed by atoms with Crippen LogP contribution in [0.2, 0.25) is 0 Å². The number of aliphatic hydroxyl groups excluding tert-OH is 1. The van der Waals surface area contributed by atoms with Crippen molar-refractivity contribution in [1.82, 2.24) is 0 Å². The van der Waals surface area contributed by atoms with Gasteiger partial charge in [0.25, 0.3) is 0 Å². The average Bonchev–Trinajstić information content (AvgIpc) is 2.39. The first-order valence-corrected chi connectivity index (χ1v) is 6.02. The minimum Gasteiger partial charge on any atom is -0.388 e. The molecule has 0 aromatic heterocycles. The molecule has 0 saturated heterocycles. The van der Waals surface area contributed by atoms with Crippen LogP contribution in [-0.4, -0.2) is 5.11 Å². The number of rotatable bonds is 3. The first-order chi connectivity index (χ1) is 8.18. The van der Waals surface area contributed by atoms with Crippen molar-refractivity contribution in [3.05, 3.63) is 60.2 Å². The predicted molar refractivity (Wildman–Crippen MR) is 71.7 cm³/mol. The number of hydrogen-bond acceptors (Lipinski definition) is 1. The van der Waals surface area contributed by atoms with E-state index in [4.69, 9.17) is 0 Å². The van der Waals surface area contributed by atoms with Gasteiger partial charge in [-0.2, -0.15) is 0 Å². The maximum absolute atomic E-state index is 9.96. The molecule has 0 spiro atoms. The lowest BCUT2D eigenvalue weighted by Gasteiger charge is -2.15. The summed E-state index contributed by atoms with van der Waals surface area (Å²) in [5, 5.41) is 9.96. The van der Waals surface area contributed by atoms with Crippen molar-refractivity contribution >= 4 is 0 Å². The summed E-state index contributed by atoms with van der Waals surface area (Å²) in [4.78, 5) is 0. The molecule has 0 amide bonds. The maximum atomic E-state index is 9.96. The Balaban J connectivity index is 2.25. The van der Waals surface area contributed by atoms with Gasteiger partial charge in [-0.05, 0) is 22.6 Å². The molecule has 0 aliphatic carbocycles. The monoisotopic (exact) mass is 226 g/mol. The van der Waals surface area contributed by atoms with Gasteiger partial charge in [0.15, 0.2) is 0 Å². The smallest absolute Gasteiger partial charge is 0.0812 e. The van der Waals surface area contributed by atoms with Gasteiger partial charge in [-0.15, -0.1) is 0 Å². The van der Waals surface area contributed by atoms with E-state index < -0.39 is 0 Å². The largest absolute Gasteiger partial charge is 0.388 e. The molecular weight excluding hydrogens is 208 g/mol. The predicted octanol–water partition coefficient (Wildman–Crippen LogP) is 4.04. The Morgan fingerprint density at radius 3 is 1.82 bits per heavy atom. The summed E-state index contributed by atoms with van der Waals surface area (Å²) in [6.45, 7) is 4.05. The van der Waals surface area contributed by atoms with Crippen molar-refractivity contribution in [3.8, 4) is 11.1 Å². The molecule has 0 bridgehead atoms. The summed E-state index contributed by atoms with van der Waals surface area (Å²) in [6.07, 6.45) is -0.375. The molecule has 0 saturated carbocycles. The number of hydrogen-bond donors (Lipinski definition) is 1. The molecule has 1 N–H and O–H groups in total. The highest BCUT2D eigenvalue weighted by Gasteiger charge is 2.11. The lowest BCUT2D eigenvalue weighted by Crippen LogP contribution is -2.04. The van der Waals surface area contributed by atoms with E-state index in [1.165, 1.54) is 11.1 Å². The second kappa shape index (κ2) is 5.15. The van der Waals surface area contributed by atoms with Gasteiger partial charge in [0, 0.05) is 0 Å². The van der Waals surface area contributed by atoms with Gasteiger partial charge in [0.2, 0.25) is 0 Å². The zero-order valence-electron chi connectivity index (χ0n) is 10.3. The Kier molecular flexibility index (Phi) is 3.60. The highest BCUT2D eigenvalue weighted by Crippen LogP contribution is 2.25. The highest BCUT2D eigenvalue weighted by atomic mass is 16.3. The van der Waals surface area contributed by atoms with Crippen molar-refractivity contribution < 1.29 is 5.11 Å². The van der Waals surface area contributed by atoms with Crippen LogP contribution in [0, 0.1) is 5.92 Å². The first-order valence-electron chi connectivity index (χ1n) is 6.02. The minimum atomic E-state index is -0.375. The second-order valence-corrected chi connectivity index (χ2v) is 4.68. The average molecular weight is 226 g/mol. The Bertz CT molecular complexity index is 457. The van der Waals surface area contributed by atoms with Crippen LogP contribution in [0.5, 0.6) is 0 Å². The summed E-state index contributed by atoms with van der Waals surface area (Å²) >= 11 is 0. The van der Waals surface area contributed by atoms with Crippen LogP contribution in [0.1, 0.15) is 25.5 Å². The van der Waals surface area contributed by atoms with Gasteiger partial charge in [0.1, 0.15) is 0 Å². The summed E-state index contributed by atoms with van der Waals surface area (Å²) in [5.74, 6) is 0.248. The molecular formula is C16H18O. The lowest BCUT2D eigenvalue weighted by atomic mass is 9.96. The van der Waals surface area contributed by atoms with Crippen LogP contribution in [0.4, 0.5) is 0 Å². The Hall–Kier alpha value is -1.60. The minimum absolute atomic E-state index is 0.248. The topological polar surface area (TPSA) is 20.2 Å². The van der Waals surface area contributed by atoms with Gasteiger partial charge in [-0.1, -0.05) is 68.4 Å². The van der Waals surface area contributed by atoms with Gasteiger partial charge < -0.3 is 5.11 Å². The molecule has 0 aliphatic heterocycles. The third-order valence-corrected chi connectivity index (χ3v) is 2.99. The second-order valence-electron chi connectivity index (χ2n) is 4.68. The molecule has 1 nitrogen and oxygen atoms in total. The van der Waals surface area contributed by atoms with Gasteiger partial charge in [-0.3, -0.25) is 0 Å². The fourth-order valence-electron chi connectivity index (χ4n) is 1.89. The van der Waals surface area contributed by atoms with Gasteiger partial charge in [0.05, 0.1) is 6.10 Å². The molecule has 17 heavy (non-hydrogen) atoms. The quantitative estimate of drug-likeness (QED) is 0.837. The number of benzene rings is 2. The SMILES string of the molecule is CC(C)[C@H](O)c1ccc(-c2ccccc2)cc1. The van der Waals surface area contributed by atoms with Crippen LogP contribution >= 0.6 is 0 Å². The fourth-order valence-corrected chi connectivity index (χ4v) is 1.89. The number of aliphatic hydroxyl groups is 1. The fraction of sp³-hybridized carbons (Fsp3) is 0.250. The van der Waals surface area contributed by atoms with Crippen molar-refractivity contribution in [2.45, 2.75) is 20.0 Å². The van der Waals surface area contributed by atoms with E-state index in [2.05, 4.69) is 24.3 Å². The molecule has 1 heteroatoms. The molecule has 88 valence electrons. The maximum Gasteiger partial charge on any atom is 0.0812 e. The Labute approximate surface area is 103 Å². The lowest BCUT2D eigenvalue weighted by molar-refractivity contribution is 0.127. The van der Waals surface area contributed by atoms with E-state index in [1.807, 2.05) is 44.2 Å². The molecule has 1 atom stereocenters. The molecule has 0 aliphatic rings. The van der Waals surface area contributed by atoms with E-state index in [0.717, 1.165) is 5.56 Å². The van der Waals surface area contributed by atoms with Crippen molar-refractivity contribution in [2.24, 2.45) is 5.92 Å². The molecule has 2 rings (SSSR count). The summed E-state index contributed by atoms with van der Waals surface area (Å²) in [6, 6.07) is 18.4. The van der Waals surface area contributed by atoms with E-state index in [0.29, 0.717) is 0 Å². The molecule has 2 aromatic rings. The van der Waals surface area contributed by atoms with Crippen LogP contribution < -0.4 is 0 Å². The third kappa shape index (κ3) is 2.75. The molecule has 0 radical (unpaired) electrons. The Morgan fingerprint density at radius 1 is 0.765 bits per heavy atom. The molecule has 2 aromatic carbocycles. The van der Waals surface area contributed by atoms with Crippen LogP contribution in [0.3, 0.4) is 0 Å². The van der Waals surface area contributed by atoms with E-state index in [9.17, 15) is 5.11 Å². The first kappa shape index (κ1) is 11.9. The summed E-state index contributed by atoms with van der Waals surface area (Å²) in [7, 11) is 0. The molecule has 0 fully saturated rings. The van der Waals surface area contributed by atoms with Crippen LogP contribution in [-0.2, 0) is 0 Å². The molecule has 0 unspecified atom stereocenters. The normalized spacial score (nSPS) is 12.7. The van der Waals surface area contributed by atoms with E-state index in [1.54, 1.807) is 0 Å².